The maximum Gasteiger partial charge on any atom is 0.308 e. The molecule has 2 rings (SSSR count). The van der Waals surface area contributed by atoms with Gasteiger partial charge in [-0.1, -0.05) is 0 Å². The summed E-state index contributed by atoms with van der Waals surface area (Å²) >= 11 is 0. The summed E-state index contributed by atoms with van der Waals surface area (Å²) in [7, 11) is 3.22. The van der Waals surface area contributed by atoms with Gasteiger partial charge in [-0.15, -0.1) is 0 Å². The Bertz CT molecular complexity index is 453. The van der Waals surface area contributed by atoms with Gasteiger partial charge in [0.25, 0.3) is 0 Å². The summed E-state index contributed by atoms with van der Waals surface area (Å²) in [5.41, 5.74) is 1.02. The van der Waals surface area contributed by atoms with E-state index in [1.807, 2.05) is 18.2 Å². The van der Waals surface area contributed by atoms with Crippen LogP contribution in [0, 0.1) is 5.92 Å². The van der Waals surface area contributed by atoms with E-state index < -0.39 is 5.97 Å². The molecule has 0 spiro atoms. The molecule has 5 nitrogen and oxygen atoms in total. The highest BCUT2D eigenvalue weighted by Gasteiger charge is 2.30. The first-order valence-corrected chi connectivity index (χ1v) is 6.82. The van der Waals surface area contributed by atoms with Crippen molar-refractivity contribution in [2.75, 3.05) is 20.8 Å². The molecule has 2 atom stereocenters. The van der Waals surface area contributed by atoms with E-state index in [-0.39, 0.29) is 12.0 Å². The highest BCUT2D eigenvalue weighted by atomic mass is 16.5. The van der Waals surface area contributed by atoms with Crippen LogP contribution >= 0.6 is 0 Å². The zero-order valence-electron chi connectivity index (χ0n) is 11.9. The minimum atomic E-state index is -0.725. The van der Waals surface area contributed by atoms with Gasteiger partial charge in [-0.3, -0.25) is 4.79 Å². The van der Waals surface area contributed by atoms with Crippen LogP contribution in [0.4, 0.5) is 0 Å². The normalized spacial score (nSPS) is 22.3. The molecular formula is C15H21NO4. The predicted octanol–water partition coefficient (Wildman–Crippen LogP) is 1.70. The Morgan fingerprint density at radius 3 is 2.50 bits per heavy atom. The number of nitrogens with one attached hydrogen (secondary N) is 1. The van der Waals surface area contributed by atoms with Crippen LogP contribution in [0.2, 0.25) is 0 Å². The maximum absolute atomic E-state index is 11.3. The van der Waals surface area contributed by atoms with Crippen molar-refractivity contribution >= 4 is 5.97 Å². The van der Waals surface area contributed by atoms with Crippen molar-refractivity contribution in [3.05, 3.63) is 23.8 Å². The lowest BCUT2D eigenvalue weighted by Crippen LogP contribution is -2.46. The molecule has 0 amide bonds. The highest BCUT2D eigenvalue weighted by Crippen LogP contribution is 2.26. The molecule has 0 unspecified atom stereocenters. The molecule has 1 heterocycles. The van der Waals surface area contributed by atoms with Crippen molar-refractivity contribution in [2.45, 2.75) is 25.3 Å². The van der Waals surface area contributed by atoms with Crippen LogP contribution in [0.3, 0.4) is 0 Å². The third-order valence-corrected chi connectivity index (χ3v) is 3.77. The SMILES string of the molecule is COc1cc(C[C@H]2NCCC[C@@H]2C(=O)O)cc(OC)c1. The minimum Gasteiger partial charge on any atom is -0.497 e. The third-order valence-electron chi connectivity index (χ3n) is 3.77. The van der Waals surface area contributed by atoms with Crippen LogP contribution in [-0.4, -0.2) is 37.9 Å². The van der Waals surface area contributed by atoms with Crippen molar-refractivity contribution in [2.24, 2.45) is 5.92 Å². The molecule has 1 aromatic rings. The summed E-state index contributed by atoms with van der Waals surface area (Å²) in [5.74, 6) is 0.391. The van der Waals surface area contributed by atoms with Crippen molar-refractivity contribution in [1.82, 2.24) is 5.32 Å². The molecule has 1 aliphatic heterocycles. The third kappa shape index (κ3) is 3.42. The molecule has 1 fully saturated rings. The summed E-state index contributed by atoms with van der Waals surface area (Å²) in [6, 6.07) is 5.63. The Hall–Kier alpha value is -1.75. The van der Waals surface area contributed by atoms with Crippen LogP contribution < -0.4 is 14.8 Å². The molecule has 0 radical (unpaired) electrons. The highest BCUT2D eigenvalue weighted by molar-refractivity contribution is 5.71. The van der Waals surface area contributed by atoms with Gasteiger partial charge in [0, 0.05) is 12.1 Å². The van der Waals surface area contributed by atoms with Crippen molar-refractivity contribution in [3.8, 4) is 11.5 Å². The number of methoxy groups -OCH3 is 2. The molecule has 20 heavy (non-hydrogen) atoms. The number of carboxylic acids is 1. The van der Waals surface area contributed by atoms with Crippen molar-refractivity contribution in [1.29, 1.82) is 0 Å². The number of piperidine rings is 1. The van der Waals surface area contributed by atoms with Gasteiger partial charge in [-0.25, -0.2) is 0 Å². The largest absolute Gasteiger partial charge is 0.497 e. The molecular weight excluding hydrogens is 258 g/mol. The molecule has 0 bridgehead atoms. The summed E-state index contributed by atoms with van der Waals surface area (Å²) in [5, 5.41) is 12.6. The topological polar surface area (TPSA) is 67.8 Å². The molecule has 1 aromatic carbocycles. The summed E-state index contributed by atoms with van der Waals surface area (Å²) < 4.78 is 10.5. The van der Waals surface area contributed by atoms with E-state index in [0.717, 1.165) is 36.4 Å². The number of hydrogen-bond donors (Lipinski definition) is 2. The Kier molecular flexibility index (Phi) is 4.84. The smallest absolute Gasteiger partial charge is 0.308 e. The second kappa shape index (κ2) is 6.61. The van der Waals surface area contributed by atoms with Gasteiger partial charge in [0.15, 0.2) is 0 Å². The quantitative estimate of drug-likeness (QED) is 0.858. The number of rotatable bonds is 5. The van der Waals surface area contributed by atoms with Crippen LogP contribution in [0.5, 0.6) is 11.5 Å². The van der Waals surface area contributed by atoms with Gasteiger partial charge in [0.2, 0.25) is 0 Å². The minimum absolute atomic E-state index is 0.0435. The van der Waals surface area contributed by atoms with Gasteiger partial charge in [0.1, 0.15) is 11.5 Å². The van der Waals surface area contributed by atoms with Gasteiger partial charge in [-0.05, 0) is 43.5 Å². The first-order chi connectivity index (χ1) is 9.63. The van der Waals surface area contributed by atoms with E-state index in [1.165, 1.54) is 0 Å². The molecule has 1 aliphatic rings. The Balaban J connectivity index is 2.17. The lowest BCUT2D eigenvalue weighted by molar-refractivity contribution is -0.143. The van der Waals surface area contributed by atoms with E-state index in [0.29, 0.717) is 6.42 Å². The molecule has 5 heteroatoms. The van der Waals surface area contributed by atoms with Gasteiger partial charge >= 0.3 is 5.97 Å². The van der Waals surface area contributed by atoms with E-state index >= 15 is 0 Å². The average molecular weight is 279 g/mol. The predicted molar refractivity (Wildman–Crippen MR) is 75.4 cm³/mol. The number of hydrogen-bond acceptors (Lipinski definition) is 4. The first kappa shape index (κ1) is 14.7. The molecule has 0 saturated carbocycles. The number of benzene rings is 1. The fraction of sp³-hybridized carbons (Fsp3) is 0.533. The maximum atomic E-state index is 11.3. The van der Waals surface area contributed by atoms with Crippen LogP contribution in [-0.2, 0) is 11.2 Å². The average Bonchev–Trinajstić information content (AvgIpc) is 2.47. The number of aliphatic carboxylic acids is 1. The van der Waals surface area contributed by atoms with Crippen molar-refractivity contribution in [3.63, 3.8) is 0 Å². The molecule has 2 N–H and O–H groups in total. The molecule has 0 aliphatic carbocycles. The summed E-state index contributed by atoms with van der Waals surface area (Å²) in [6.45, 7) is 0.871. The van der Waals surface area contributed by atoms with E-state index in [1.54, 1.807) is 14.2 Å². The van der Waals surface area contributed by atoms with E-state index in [9.17, 15) is 9.90 Å². The summed E-state index contributed by atoms with van der Waals surface area (Å²) in [4.78, 5) is 11.3. The Morgan fingerprint density at radius 2 is 1.95 bits per heavy atom. The molecule has 0 aromatic heterocycles. The van der Waals surface area contributed by atoms with Crippen LogP contribution in [0.15, 0.2) is 18.2 Å². The van der Waals surface area contributed by atoms with Gasteiger partial charge < -0.3 is 19.9 Å². The zero-order chi connectivity index (χ0) is 14.5. The monoisotopic (exact) mass is 279 g/mol. The second-order valence-corrected chi connectivity index (χ2v) is 5.07. The fourth-order valence-corrected chi connectivity index (χ4v) is 2.70. The van der Waals surface area contributed by atoms with Crippen molar-refractivity contribution < 1.29 is 19.4 Å². The van der Waals surface area contributed by atoms with Gasteiger partial charge in [-0.2, -0.15) is 0 Å². The molecule has 110 valence electrons. The number of ether oxygens (including phenoxy) is 2. The summed E-state index contributed by atoms with van der Waals surface area (Å²) in [6.07, 6.45) is 2.30. The Morgan fingerprint density at radius 1 is 1.30 bits per heavy atom. The van der Waals surface area contributed by atoms with E-state index in [2.05, 4.69) is 5.32 Å². The van der Waals surface area contributed by atoms with Crippen LogP contribution in [0.25, 0.3) is 0 Å². The second-order valence-electron chi connectivity index (χ2n) is 5.07. The van der Waals surface area contributed by atoms with E-state index in [4.69, 9.17) is 9.47 Å². The van der Waals surface area contributed by atoms with Gasteiger partial charge in [0.05, 0.1) is 20.1 Å². The zero-order valence-corrected chi connectivity index (χ0v) is 11.9. The lowest BCUT2D eigenvalue weighted by atomic mass is 9.87. The fourth-order valence-electron chi connectivity index (χ4n) is 2.70. The lowest BCUT2D eigenvalue weighted by Gasteiger charge is -2.30. The number of carboxylic acid groups (broad SMARTS) is 1. The van der Waals surface area contributed by atoms with Crippen LogP contribution in [0.1, 0.15) is 18.4 Å². The molecule has 1 saturated heterocycles. The standard InChI is InChI=1S/C15H21NO4/c1-19-11-6-10(7-12(9-11)20-2)8-14-13(15(17)18)4-3-5-16-14/h6-7,9,13-14,16H,3-5,8H2,1-2H3,(H,17,18)/t13-,14+/m0/s1. The number of carbonyl (C=O) groups is 1. The Labute approximate surface area is 118 Å². The first-order valence-electron chi connectivity index (χ1n) is 6.82.